The third kappa shape index (κ3) is 13.7. The molecule has 4 fully saturated rings. The number of aliphatic carboxylic acids is 2. The summed E-state index contributed by atoms with van der Waals surface area (Å²) in [4.78, 5) is 122. The molecule has 412 valence electrons. The van der Waals surface area contributed by atoms with Crippen LogP contribution in [0.1, 0.15) is 39.1 Å². The van der Waals surface area contributed by atoms with Crippen molar-refractivity contribution in [3.8, 4) is 0 Å². The van der Waals surface area contributed by atoms with Gasteiger partial charge in [-0.1, -0.05) is 10.3 Å². The molecule has 0 saturated carbocycles. The molecule has 4 aliphatic rings. The normalized spacial score (nSPS) is 22.2. The Labute approximate surface area is 430 Å². The van der Waals surface area contributed by atoms with E-state index in [1.807, 2.05) is 0 Å². The van der Waals surface area contributed by atoms with Gasteiger partial charge in [0, 0.05) is 30.4 Å². The Balaban J connectivity index is 0.000000278. The lowest BCUT2D eigenvalue weighted by Gasteiger charge is -2.45. The zero-order chi connectivity index (χ0) is 56.3. The molecule has 6 atom stereocenters. The molecule has 0 radical (unpaired) electrons. The van der Waals surface area contributed by atoms with Crippen LogP contribution in [0.5, 0.6) is 0 Å². The Bertz CT molecular complexity index is 2940. The molecule has 6 amide bonds. The van der Waals surface area contributed by atoms with Crippen LogP contribution in [0.2, 0.25) is 0 Å². The topological polar surface area (TPSA) is 553 Å². The van der Waals surface area contributed by atoms with E-state index in [9.17, 15) is 74.5 Å². The average molecular weight is 1140 g/mol. The van der Waals surface area contributed by atoms with E-state index in [1.54, 1.807) is 0 Å². The SMILES string of the molecule is CC(C)(O/N=C(\C(=O)N[C@@H]1C(=O)N(S(=O)(=O)O)[C@@H]1CN1C[C@H](CN)OC1=O)c1csc(N)n1)C(=O)O.CC(C)(O/N=C(\C(=O)N[C@@H]1C(=O)N(S(=O)(=O)O)[C@@H]1CN1C[C@H](CN=C(N)N)OC1=O)c1csc(N)n1)C(=O)O. The summed E-state index contributed by atoms with van der Waals surface area (Å²) in [5.74, 6) is -7.66. The summed E-state index contributed by atoms with van der Waals surface area (Å²) in [7, 11) is -10.1. The first-order chi connectivity index (χ1) is 34.7. The maximum Gasteiger partial charge on any atom is 0.410 e. The number of thiazole rings is 2. The Morgan fingerprint density at radius 3 is 1.41 bits per heavy atom. The quantitative estimate of drug-likeness (QED) is 0.0183. The van der Waals surface area contributed by atoms with Gasteiger partial charge in [0.25, 0.3) is 23.6 Å². The van der Waals surface area contributed by atoms with E-state index in [0.717, 1.165) is 46.3 Å². The van der Waals surface area contributed by atoms with Gasteiger partial charge >= 0.3 is 44.7 Å². The molecule has 4 aliphatic heterocycles. The molecule has 6 heterocycles. The summed E-state index contributed by atoms with van der Waals surface area (Å²) in [6.07, 6.45) is -3.15. The highest BCUT2D eigenvalue weighted by atomic mass is 32.2. The molecule has 6 rings (SSSR count). The summed E-state index contributed by atoms with van der Waals surface area (Å²) in [6.45, 7) is 3.56. The molecule has 4 saturated heterocycles. The third-order valence-electron chi connectivity index (χ3n) is 10.6. The van der Waals surface area contributed by atoms with E-state index in [1.165, 1.54) is 24.6 Å². The standard InChI is InChI=1S/C18H25N9O10S2.C17H23N7O10S2/c1-18(2,14(30)31)37-25-10(8-6-38-16(21)23-8)12(28)24-11-9(27(13(11)29)39(33,34)35)5-26-4-7(36-17(26)32)3-22-15(19)20;1-17(2,14(27)28)34-22-10(8-6-35-15(19)20-8)12(25)21-11-9(24(13(11)26)36(30,31)32)5-23-4-7(3-18)33-16(23)29/h6-7,9,11H,3-5H2,1-2H3,(H2,21,23)(H,24,28)(H,30,31)(H4,19,20,22)(H,33,34,35);6-7,9,11H,3-5,18H2,1-2H3,(H2,19,20)(H,21,25)(H,27,28)(H,30,31,32)/b25-10-;22-10-/t2*7-,9+,11-/m00/s1. The summed E-state index contributed by atoms with van der Waals surface area (Å²) >= 11 is 1.86. The van der Waals surface area contributed by atoms with Crippen molar-refractivity contribution >= 4 is 119 Å². The summed E-state index contributed by atoms with van der Waals surface area (Å²) in [5, 5.41) is 32.9. The first kappa shape index (κ1) is 58.1. The number of nitrogens with one attached hydrogen (secondary N) is 2. The monoisotopic (exact) mass is 1140 g/mol. The van der Waals surface area contributed by atoms with Crippen LogP contribution in [0, 0.1) is 0 Å². The van der Waals surface area contributed by atoms with Crippen LogP contribution < -0.4 is 39.3 Å². The molecule has 75 heavy (non-hydrogen) atoms. The zero-order valence-electron chi connectivity index (χ0n) is 39.2. The molecule has 0 aromatic carbocycles. The van der Waals surface area contributed by atoms with Gasteiger partial charge in [0.15, 0.2) is 27.6 Å². The van der Waals surface area contributed by atoms with Gasteiger partial charge < -0.3 is 78.5 Å². The van der Waals surface area contributed by atoms with E-state index >= 15 is 0 Å². The minimum atomic E-state index is -5.08. The maximum absolute atomic E-state index is 13.1. The Kier molecular flexibility index (Phi) is 17.3. The van der Waals surface area contributed by atoms with Crippen LogP contribution in [0.25, 0.3) is 0 Å². The predicted molar refractivity (Wildman–Crippen MR) is 253 cm³/mol. The van der Waals surface area contributed by atoms with Crippen molar-refractivity contribution in [1.82, 2.24) is 39.0 Å². The Morgan fingerprint density at radius 2 is 1.11 bits per heavy atom. The Morgan fingerprint density at radius 1 is 0.733 bits per heavy atom. The highest BCUT2D eigenvalue weighted by molar-refractivity contribution is 7.84. The summed E-state index contributed by atoms with van der Waals surface area (Å²) in [5.41, 5.74) is 22.1. The molecule has 0 aliphatic carbocycles. The number of amides is 6. The van der Waals surface area contributed by atoms with Crippen molar-refractivity contribution < 1.29 is 93.7 Å². The van der Waals surface area contributed by atoms with Crippen molar-refractivity contribution in [2.45, 2.75) is 75.3 Å². The summed E-state index contributed by atoms with van der Waals surface area (Å²) < 4.78 is 76.5. The fourth-order valence-corrected chi connectivity index (χ4v) is 9.46. The van der Waals surface area contributed by atoms with E-state index in [0.29, 0.717) is 0 Å². The number of aromatic nitrogens is 2. The third-order valence-corrected chi connectivity index (χ3v) is 13.8. The predicted octanol–water partition coefficient (Wildman–Crippen LogP) is -5.51. The molecule has 40 heteroatoms. The van der Waals surface area contributed by atoms with Crippen LogP contribution in [0.4, 0.5) is 19.9 Å². The number of carbonyl (C=O) groups is 8. The van der Waals surface area contributed by atoms with Gasteiger partial charge in [0.2, 0.25) is 11.2 Å². The smallest absolute Gasteiger partial charge is 0.410 e. The van der Waals surface area contributed by atoms with Gasteiger partial charge in [-0.3, -0.25) is 28.3 Å². The number of nitrogens with two attached hydrogens (primary N) is 5. The first-order valence-corrected chi connectivity index (χ1v) is 25.5. The van der Waals surface area contributed by atoms with E-state index < -0.39 is 140 Å². The van der Waals surface area contributed by atoms with Crippen molar-refractivity contribution in [3.05, 3.63) is 22.1 Å². The second kappa shape index (κ2) is 22.4. The highest BCUT2D eigenvalue weighted by Gasteiger charge is 2.57. The maximum atomic E-state index is 13.1. The highest BCUT2D eigenvalue weighted by Crippen LogP contribution is 2.29. The first-order valence-electron chi connectivity index (χ1n) is 21.0. The lowest BCUT2D eigenvalue weighted by atomic mass is 9.97. The lowest BCUT2D eigenvalue weighted by molar-refractivity contribution is -0.161. The number of hydrogen-bond acceptors (Lipinski definition) is 26. The van der Waals surface area contributed by atoms with Crippen LogP contribution >= 0.6 is 22.7 Å². The molecule has 0 unspecified atom stereocenters. The number of rotatable bonds is 21. The van der Waals surface area contributed by atoms with Gasteiger partial charge in [0.1, 0.15) is 35.7 Å². The van der Waals surface area contributed by atoms with Gasteiger partial charge in [-0.05, 0) is 27.7 Å². The molecule has 0 bridgehead atoms. The summed E-state index contributed by atoms with van der Waals surface area (Å²) in [6, 6.07) is -5.96. The number of nitrogens with zero attached hydrogens (tertiary/aromatic N) is 9. The van der Waals surface area contributed by atoms with Crippen molar-refractivity contribution in [1.29, 1.82) is 0 Å². The number of nitrogen functional groups attached to an aromatic ring is 2. The zero-order valence-corrected chi connectivity index (χ0v) is 42.5. The van der Waals surface area contributed by atoms with Gasteiger partial charge in [0.05, 0.1) is 31.7 Å². The molecule has 2 aromatic rings. The second-order valence-corrected chi connectivity index (χ2v) is 21.3. The van der Waals surface area contributed by atoms with Gasteiger partial charge in [-0.25, -0.2) is 42.7 Å². The largest absolute Gasteiger partial charge is 0.478 e. The minimum absolute atomic E-state index is 0.00268. The number of β-lactam (4-membered cyclic amide) rings is 2. The number of ether oxygens (including phenoxy) is 2. The van der Waals surface area contributed by atoms with Crippen LogP contribution in [-0.4, -0.2) is 217 Å². The van der Waals surface area contributed by atoms with E-state index in [4.69, 9.17) is 47.8 Å². The van der Waals surface area contributed by atoms with Gasteiger partial charge in [-0.15, -0.1) is 22.7 Å². The van der Waals surface area contributed by atoms with Crippen LogP contribution in [-0.2, 0) is 68.5 Å². The van der Waals surface area contributed by atoms with Crippen LogP contribution in [0.15, 0.2) is 26.1 Å². The molecule has 36 nitrogen and oxygen atoms in total. The Hall–Kier alpha value is -7.79. The number of guanidine groups is 1. The second-order valence-electron chi connectivity index (χ2n) is 16.9. The number of aliphatic imine (C=N–C) groups is 1. The van der Waals surface area contributed by atoms with Crippen molar-refractivity contribution in [2.24, 2.45) is 32.5 Å². The number of cyclic esters (lactones) is 2. The minimum Gasteiger partial charge on any atom is -0.478 e. The molecular weight excluding hydrogens is 1090 g/mol. The van der Waals surface area contributed by atoms with E-state index in [2.05, 4.69) is 35.9 Å². The van der Waals surface area contributed by atoms with Gasteiger partial charge in [-0.2, -0.15) is 16.8 Å². The van der Waals surface area contributed by atoms with Crippen molar-refractivity contribution in [2.75, 3.05) is 50.7 Å². The average Bonchev–Trinajstić information content (AvgIpc) is 4.10. The van der Waals surface area contributed by atoms with Crippen molar-refractivity contribution in [3.63, 3.8) is 0 Å². The fourth-order valence-electron chi connectivity index (χ4n) is 6.62. The molecular formula is C35H48N16O20S4. The molecule has 16 N–H and O–H groups in total. The number of anilines is 2. The number of hydrogen-bond donors (Lipinski definition) is 11. The van der Waals surface area contributed by atoms with Crippen LogP contribution in [0.3, 0.4) is 0 Å². The van der Waals surface area contributed by atoms with E-state index in [-0.39, 0.29) is 62.4 Å². The number of carboxylic acids is 2. The number of carbonyl (C=O) groups excluding carboxylic acids is 6. The number of oxime groups is 2. The molecule has 2 aromatic heterocycles. The fraction of sp³-hybridized carbons (Fsp3) is 0.514. The lowest BCUT2D eigenvalue weighted by Crippen LogP contribution is -2.74. The number of carboxylic acid groups (broad SMARTS) is 2. The molecule has 0 spiro atoms.